The van der Waals surface area contributed by atoms with Gasteiger partial charge in [-0.05, 0) is 86.7 Å². The van der Waals surface area contributed by atoms with Crippen molar-refractivity contribution in [3.63, 3.8) is 0 Å². The maximum Gasteiger partial charge on any atom is 0.105 e. The van der Waals surface area contributed by atoms with E-state index in [2.05, 4.69) is 54.4 Å². The van der Waals surface area contributed by atoms with Crippen LogP contribution in [0.3, 0.4) is 0 Å². The summed E-state index contributed by atoms with van der Waals surface area (Å²) in [4.78, 5) is 6.54. The molecule has 0 radical (unpaired) electrons. The minimum absolute atomic E-state index is 0.00992. The number of aliphatic hydroxyl groups excluding tert-OH is 2. The van der Waals surface area contributed by atoms with Gasteiger partial charge in [-0.1, -0.05) is 37.3 Å². The second kappa shape index (κ2) is 7.13. The van der Waals surface area contributed by atoms with Gasteiger partial charge in [-0.25, -0.2) is 0 Å². The number of aromatic nitrogens is 1. The molecule has 2 spiro atoms. The summed E-state index contributed by atoms with van der Waals surface area (Å²) >= 11 is 0. The molecule has 1 unspecified atom stereocenters. The predicted molar refractivity (Wildman–Crippen MR) is 137 cm³/mol. The molecule has 5 aliphatic rings. The van der Waals surface area contributed by atoms with E-state index in [1.807, 2.05) is 31.3 Å². The third kappa shape index (κ3) is 2.76. The minimum Gasteiger partial charge on any atom is -0.388 e. The van der Waals surface area contributed by atoms with Gasteiger partial charge in [0.1, 0.15) is 6.10 Å². The highest BCUT2D eigenvalue weighted by Crippen LogP contribution is 2.67. The van der Waals surface area contributed by atoms with Crippen LogP contribution in [0.4, 0.5) is 0 Å². The summed E-state index contributed by atoms with van der Waals surface area (Å²) in [7, 11) is 3.96. The third-order valence-corrected chi connectivity index (χ3v) is 10.0. The highest BCUT2D eigenvalue weighted by atomic mass is 16.5. The first kappa shape index (κ1) is 21.9. The van der Waals surface area contributed by atoms with Crippen LogP contribution in [0, 0.1) is 11.3 Å². The van der Waals surface area contributed by atoms with Gasteiger partial charge < -0.3 is 19.8 Å². The Labute approximate surface area is 206 Å². The number of nitrogens with zero attached hydrogens (tertiary/aromatic N) is 2. The Kier molecular flexibility index (Phi) is 4.47. The molecule has 2 aliphatic heterocycles. The molecule has 1 aromatic heterocycles. The standard InChI is InChI=1S/C30H34N2O3/c1-28-11-10-20-16-22-26(33)27(34)24(32(2)3)17-29(22)12-13-30(20,35-29)25(28)9-7-21(28)18-6-8-23-19(15-18)5-4-14-31-23/h4-8,10,14-16,24-27,33-34H,9,11-13,17H2,1-3H3/t24-,25?,26+,27+,28+,29+,30+/m0/s1. The number of benzene rings is 1. The predicted octanol–water partition coefficient (Wildman–Crippen LogP) is 4.26. The van der Waals surface area contributed by atoms with Gasteiger partial charge in [-0.15, -0.1) is 0 Å². The lowest BCUT2D eigenvalue weighted by atomic mass is 9.58. The number of allylic oxidation sites excluding steroid dienone is 3. The Hall–Kier alpha value is -2.31. The van der Waals surface area contributed by atoms with E-state index in [4.69, 9.17) is 4.74 Å². The summed E-state index contributed by atoms with van der Waals surface area (Å²) in [6, 6.07) is 10.7. The van der Waals surface area contributed by atoms with Gasteiger partial charge in [0.05, 0.1) is 22.8 Å². The molecule has 3 heterocycles. The van der Waals surface area contributed by atoms with E-state index in [0.717, 1.165) is 43.2 Å². The molecule has 35 heavy (non-hydrogen) atoms. The van der Waals surface area contributed by atoms with Crippen LogP contribution in [0.2, 0.25) is 0 Å². The summed E-state index contributed by atoms with van der Waals surface area (Å²) in [5.41, 5.74) is 5.01. The van der Waals surface area contributed by atoms with E-state index in [1.54, 1.807) is 0 Å². The van der Waals surface area contributed by atoms with E-state index >= 15 is 0 Å². The van der Waals surface area contributed by atoms with Crippen molar-refractivity contribution in [1.82, 2.24) is 9.88 Å². The molecule has 2 fully saturated rings. The number of hydrogen-bond acceptors (Lipinski definition) is 5. The Bertz CT molecular complexity index is 1330. The fraction of sp³-hybridized carbons (Fsp3) is 0.500. The van der Waals surface area contributed by atoms with Crippen LogP contribution >= 0.6 is 0 Å². The first-order chi connectivity index (χ1) is 16.8. The smallest absolute Gasteiger partial charge is 0.105 e. The van der Waals surface area contributed by atoms with Gasteiger partial charge in [0.2, 0.25) is 0 Å². The quantitative estimate of drug-likeness (QED) is 0.687. The summed E-state index contributed by atoms with van der Waals surface area (Å²) in [6.45, 7) is 2.42. The molecule has 0 amide bonds. The molecular formula is C30H34N2O3. The van der Waals surface area contributed by atoms with E-state index in [-0.39, 0.29) is 17.1 Å². The molecule has 1 saturated heterocycles. The second-order valence-electron chi connectivity index (χ2n) is 11.9. The van der Waals surface area contributed by atoms with E-state index in [1.165, 1.54) is 22.1 Å². The van der Waals surface area contributed by atoms with Crippen molar-refractivity contribution in [3.05, 3.63) is 71.5 Å². The molecule has 2 N–H and O–H groups in total. The number of fused-ring (bicyclic) bond motifs is 2. The summed E-state index contributed by atoms with van der Waals surface area (Å²) in [5.74, 6) is 0.355. The molecule has 3 aliphatic carbocycles. The van der Waals surface area contributed by atoms with Crippen LogP contribution in [0.1, 0.15) is 44.6 Å². The minimum atomic E-state index is -0.884. The molecule has 7 atom stereocenters. The van der Waals surface area contributed by atoms with Gasteiger partial charge in [-0.2, -0.15) is 0 Å². The second-order valence-corrected chi connectivity index (χ2v) is 11.9. The molecule has 5 nitrogen and oxygen atoms in total. The fourth-order valence-corrected chi connectivity index (χ4v) is 8.19. The zero-order valence-corrected chi connectivity index (χ0v) is 20.7. The number of rotatable bonds is 2. The normalized spacial score (nSPS) is 41.7. The first-order valence-corrected chi connectivity index (χ1v) is 13.0. The first-order valence-electron chi connectivity index (χ1n) is 13.0. The lowest BCUT2D eigenvalue weighted by Crippen LogP contribution is -2.61. The van der Waals surface area contributed by atoms with Gasteiger partial charge in [0.15, 0.2) is 0 Å². The van der Waals surface area contributed by atoms with Crippen LogP contribution in [0.5, 0.6) is 0 Å². The zero-order chi connectivity index (χ0) is 24.2. The van der Waals surface area contributed by atoms with Gasteiger partial charge in [-0.3, -0.25) is 4.98 Å². The molecule has 1 saturated carbocycles. The lowest BCUT2D eigenvalue weighted by molar-refractivity contribution is -0.161. The maximum absolute atomic E-state index is 11.1. The number of ether oxygens (including phenoxy) is 1. The number of aliphatic hydroxyl groups is 2. The van der Waals surface area contributed by atoms with Gasteiger partial charge in [0.25, 0.3) is 0 Å². The van der Waals surface area contributed by atoms with Crippen molar-refractivity contribution in [1.29, 1.82) is 0 Å². The number of hydrogen-bond donors (Lipinski definition) is 2. The topological polar surface area (TPSA) is 65.8 Å². The Morgan fingerprint density at radius 2 is 1.97 bits per heavy atom. The third-order valence-electron chi connectivity index (χ3n) is 10.0. The molecular weight excluding hydrogens is 436 g/mol. The number of pyridine rings is 1. The SMILES string of the molecule is CN(C)[C@H]1C[C@@]23CC[C@@]4(O2)C(=CC[C@]2(C)C(c5ccc6ncccc6c5)=CCC24)C=C3[C@@H](O)[C@@H]1O. The highest BCUT2D eigenvalue weighted by molar-refractivity contribution is 5.85. The van der Waals surface area contributed by atoms with Crippen LogP contribution in [0.15, 0.2) is 65.9 Å². The molecule has 5 heteroatoms. The summed E-state index contributed by atoms with van der Waals surface area (Å²) < 4.78 is 7.24. The van der Waals surface area contributed by atoms with Crippen molar-refractivity contribution in [2.24, 2.45) is 11.3 Å². The maximum atomic E-state index is 11.1. The largest absolute Gasteiger partial charge is 0.388 e. The molecule has 182 valence electrons. The number of likely N-dealkylation sites (N-methyl/N-ethyl adjacent to an activating group) is 1. The van der Waals surface area contributed by atoms with Crippen LogP contribution in [-0.4, -0.2) is 63.6 Å². The van der Waals surface area contributed by atoms with E-state index < -0.39 is 17.8 Å². The molecule has 1 aromatic carbocycles. The van der Waals surface area contributed by atoms with Crippen molar-refractivity contribution < 1.29 is 14.9 Å². The Morgan fingerprint density at radius 1 is 1.11 bits per heavy atom. The fourth-order valence-electron chi connectivity index (χ4n) is 8.19. The van der Waals surface area contributed by atoms with Crippen LogP contribution in [0.25, 0.3) is 16.5 Å². The Morgan fingerprint density at radius 3 is 2.80 bits per heavy atom. The van der Waals surface area contributed by atoms with Crippen molar-refractivity contribution in [2.75, 3.05) is 14.1 Å². The van der Waals surface area contributed by atoms with E-state index in [9.17, 15) is 10.2 Å². The van der Waals surface area contributed by atoms with Crippen LogP contribution in [-0.2, 0) is 4.74 Å². The van der Waals surface area contributed by atoms with Crippen molar-refractivity contribution in [2.45, 2.75) is 68.5 Å². The van der Waals surface area contributed by atoms with Crippen molar-refractivity contribution >= 4 is 16.5 Å². The summed E-state index contributed by atoms with van der Waals surface area (Å²) in [6.07, 6.45) is 11.7. The van der Waals surface area contributed by atoms with Crippen LogP contribution < -0.4 is 0 Å². The monoisotopic (exact) mass is 470 g/mol. The molecule has 2 aromatic rings. The zero-order valence-electron chi connectivity index (χ0n) is 20.7. The Balaban J connectivity index is 1.30. The van der Waals surface area contributed by atoms with Crippen molar-refractivity contribution in [3.8, 4) is 0 Å². The van der Waals surface area contributed by atoms with Gasteiger partial charge >= 0.3 is 0 Å². The van der Waals surface area contributed by atoms with Gasteiger partial charge in [0, 0.05) is 29.0 Å². The highest BCUT2D eigenvalue weighted by Gasteiger charge is 2.67. The lowest BCUT2D eigenvalue weighted by Gasteiger charge is -2.55. The van der Waals surface area contributed by atoms with E-state index in [0.29, 0.717) is 5.92 Å². The average molecular weight is 471 g/mol. The molecule has 2 bridgehead atoms. The average Bonchev–Trinajstić information content (AvgIpc) is 3.37. The molecule has 7 rings (SSSR count). The summed E-state index contributed by atoms with van der Waals surface area (Å²) in [5, 5.41) is 23.2.